The molecule has 2 rings (SSSR count). The third-order valence-corrected chi connectivity index (χ3v) is 3.57. The second-order valence-electron chi connectivity index (χ2n) is 4.81. The van der Waals surface area contributed by atoms with Gasteiger partial charge in [-0.1, -0.05) is 6.42 Å². The largest absolute Gasteiger partial charge is 0.481 e. The predicted octanol–water partition coefficient (Wildman–Crippen LogP) is 1.58. The number of carbonyl (C=O) groups is 1. The lowest BCUT2D eigenvalue weighted by Crippen LogP contribution is -2.31. The van der Waals surface area contributed by atoms with E-state index in [1.165, 1.54) is 25.8 Å². The maximum absolute atomic E-state index is 10.5. The van der Waals surface area contributed by atoms with Crippen LogP contribution in [0.1, 0.15) is 32.1 Å². The van der Waals surface area contributed by atoms with Gasteiger partial charge in [0.1, 0.15) is 0 Å². The molecular weight excluding hydrogens is 178 g/mol. The highest BCUT2D eigenvalue weighted by atomic mass is 16.4. The molecule has 2 fully saturated rings. The Bertz CT molecular complexity index is 213. The van der Waals surface area contributed by atoms with Crippen LogP contribution in [0.5, 0.6) is 0 Å². The van der Waals surface area contributed by atoms with Gasteiger partial charge < -0.3 is 10.0 Å². The molecule has 1 saturated carbocycles. The van der Waals surface area contributed by atoms with E-state index >= 15 is 0 Å². The van der Waals surface area contributed by atoms with E-state index in [0.29, 0.717) is 12.3 Å². The Balaban J connectivity index is 1.68. The molecule has 1 heterocycles. The molecule has 2 aliphatic rings. The van der Waals surface area contributed by atoms with Gasteiger partial charge in [-0.15, -0.1) is 0 Å². The molecule has 1 atom stereocenters. The molecule has 1 aliphatic heterocycles. The molecule has 3 nitrogen and oxygen atoms in total. The van der Waals surface area contributed by atoms with Crippen molar-refractivity contribution in [2.45, 2.75) is 32.1 Å². The summed E-state index contributed by atoms with van der Waals surface area (Å²) in [6.07, 6.45) is 5.62. The van der Waals surface area contributed by atoms with Crippen LogP contribution in [0.15, 0.2) is 0 Å². The summed E-state index contributed by atoms with van der Waals surface area (Å²) in [6.45, 7) is 3.35. The second kappa shape index (κ2) is 4.30. The quantitative estimate of drug-likeness (QED) is 0.744. The van der Waals surface area contributed by atoms with Crippen LogP contribution in [0.2, 0.25) is 0 Å². The highest BCUT2D eigenvalue weighted by Gasteiger charge is 2.27. The summed E-state index contributed by atoms with van der Waals surface area (Å²) in [5, 5.41) is 8.68. The van der Waals surface area contributed by atoms with Gasteiger partial charge >= 0.3 is 5.97 Å². The van der Waals surface area contributed by atoms with E-state index in [4.69, 9.17) is 5.11 Å². The first kappa shape index (κ1) is 9.97. The van der Waals surface area contributed by atoms with E-state index in [9.17, 15) is 4.79 Å². The molecule has 0 radical (unpaired) electrons. The van der Waals surface area contributed by atoms with Crippen LogP contribution in [-0.4, -0.2) is 35.6 Å². The molecule has 14 heavy (non-hydrogen) atoms. The van der Waals surface area contributed by atoms with Crippen molar-refractivity contribution in [2.75, 3.05) is 19.6 Å². The molecule has 0 aromatic heterocycles. The van der Waals surface area contributed by atoms with Crippen LogP contribution in [0.3, 0.4) is 0 Å². The lowest BCUT2D eigenvalue weighted by atomic mass is 9.85. The Kier molecular flexibility index (Phi) is 3.06. The van der Waals surface area contributed by atoms with Gasteiger partial charge in [-0.2, -0.15) is 0 Å². The summed E-state index contributed by atoms with van der Waals surface area (Å²) in [5.41, 5.74) is 0. The van der Waals surface area contributed by atoms with E-state index in [0.717, 1.165) is 25.4 Å². The number of rotatable bonds is 4. The second-order valence-corrected chi connectivity index (χ2v) is 4.81. The van der Waals surface area contributed by atoms with Gasteiger partial charge in [0.2, 0.25) is 0 Å². The Morgan fingerprint density at radius 2 is 2.07 bits per heavy atom. The summed E-state index contributed by atoms with van der Waals surface area (Å²) in [7, 11) is 0. The number of likely N-dealkylation sites (tertiary alicyclic amines) is 1. The Morgan fingerprint density at radius 3 is 2.64 bits per heavy atom. The van der Waals surface area contributed by atoms with Gasteiger partial charge in [-0.3, -0.25) is 4.79 Å². The van der Waals surface area contributed by atoms with Crippen LogP contribution in [-0.2, 0) is 4.79 Å². The van der Waals surface area contributed by atoms with E-state index in [-0.39, 0.29) is 0 Å². The van der Waals surface area contributed by atoms with Gasteiger partial charge in [-0.25, -0.2) is 0 Å². The normalized spacial score (nSPS) is 29.0. The summed E-state index contributed by atoms with van der Waals surface area (Å²) in [5.74, 6) is 0.687. The van der Waals surface area contributed by atoms with Crippen LogP contribution in [0, 0.1) is 11.8 Å². The minimum atomic E-state index is -0.638. The lowest BCUT2D eigenvalue weighted by molar-refractivity contribution is -0.138. The van der Waals surface area contributed by atoms with E-state index in [1.807, 2.05) is 0 Å². The summed E-state index contributed by atoms with van der Waals surface area (Å²) in [4.78, 5) is 13.0. The zero-order valence-electron chi connectivity index (χ0n) is 8.61. The van der Waals surface area contributed by atoms with Crippen molar-refractivity contribution in [1.82, 2.24) is 4.90 Å². The highest BCUT2D eigenvalue weighted by Crippen LogP contribution is 2.29. The predicted molar refractivity (Wildman–Crippen MR) is 54.1 cm³/mol. The van der Waals surface area contributed by atoms with Gasteiger partial charge in [0.15, 0.2) is 0 Å². The molecule has 0 aromatic rings. The number of carboxylic acids is 1. The van der Waals surface area contributed by atoms with E-state index < -0.39 is 5.97 Å². The Labute approximate surface area is 85.1 Å². The molecule has 1 aliphatic carbocycles. The molecule has 80 valence electrons. The molecule has 1 unspecified atom stereocenters. The maximum Gasteiger partial charge on any atom is 0.303 e. The zero-order valence-corrected chi connectivity index (χ0v) is 8.61. The van der Waals surface area contributed by atoms with Crippen molar-refractivity contribution in [3.8, 4) is 0 Å². The van der Waals surface area contributed by atoms with Gasteiger partial charge in [0, 0.05) is 19.5 Å². The molecule has 0 amide bonds. The third-order valence-electron chi connectivity index (χ3n) is 3.57. The third kappa shape index (κ3) is 2.47. The highest BCUT2D eigenvalue weighted by molar-refractivity contribution is 5.67. The smallest absolute Gasteiger partial charge is 0.303 e. The fourth-order valence-electron chi connectivity index (χ4n) is 2.53. The Morgan fingerprint density at radius 1 is 1.29 bits per heavy atom. The molecule has 1 N–H and O–H groups in total. The molecule has 3 heteroatoms. The number of hydrogen-bond donors (Lipinski definition) is 1. The average Bonchev–Trinajstić information content (AvgIpc) is 2.44. The van der Waals surface area contributed by atoms with Gasteiger partial charge in [0.25, 0.3) is 0 Å². The maximum atomic E-state index is 10.5. The van der Waals surface area contributed by atoms with Crippen LogP contribution in [0.4, 0.5) is 0 Å². The fraction of sp³-hybridized carbons (Fsp3) is 0.909. The first-order chi connectivity index (χ1) is 6.74. The van der Waals surface area contributed by atoms with Crippen molar-refractivity contribution in [3.05, 3.63) is 0 Å². The number of carboxylic acid groups (broad SMARTS) is 1. The monoisotopic (exact) mass is 197 g/mol. The first-order valence-electron chi connectivity index (χ1n) is 5.68. The topological polar surface area (TPSA) is 40.5 Å². The SMILES string of the molecule is O=C(O)CC1CCN(CC2CCC2)C1. The summed E-state index contributed by atoms with van der Waals surface area (Å²) >= 11 is 0. The van der Waals surface area contributed by atoms with Crippen LogP contribution < -0.4 is 0 Å². The first-order valence-corrected chi connectivity index (χ1v) is 5.68. The molecular formula is C11H19NO2. The fourth-order valence-corrected chi connectivity index (χ4v) is 2.53. The van der Waals surface area contributed by atoms with E-state index in [1.54, 1.807) is 0 Å². The standard InChI is InChI=1S/C11H19NO2/c13-11(14)6-10-4-5-12(8-10)7-9-2-1-3-9/h9-10H,1-8H2,(H,13,14). The molecule has 0 spiro atoms. The molecule has 0 aromatic carbocycles. The van der Waals surface area contributed by atoms with Crippen LogP contribution >= 0.6 is 0 Å². The number of aliphatic carboxylic acids is 1. The van der Waals surface area contributed by atoms with Crippen molar-refractivity contribution < 1.29 is 9.90 Å². The molecule has 1 saturated heterocycles. The number of nitrogens with zero attached hydrogens (tertiary/aromatic N) is 1. The average molecular weight is 197 g/mol. The lowest BCUT2D eigenvalue weighted by Gasteiger charge is -2.29. The zero-order chi connectivity index (χ0) is 9.97. The van der Waals surface area contributed by atoms with Crippen molar-refractivity contribution >= 4 is 5.97 Å². The van der Waals surface area contributed by atoms with Crippen molar-refractivity contribution in [2.24, 2.45) is 11.8 Å². The minimum absolute atomic E-state index is 0.362. The van der Waals surface area contributed by atoms with Crippen molar-refractivity contribution in [1.29, 1.82) is 0 Å². The van der Waals surface area contributed by atoms with Gasteiger partial charge in [-0.05, 0) is 37.6 Å². The minimum Gasteiger partial charge on any atom is -0.481 e. The van der Waals surface area contributed by atoms with E-state index in [2.05, 4.69) is 4.90 Å². The molecule has 0 bridgehead atoms. The van der Waals surface area contributed by atoms with Gasteiger partial charge in [0.05, 0.1) is 0 Å². The van der Waals surface area contributed by atoms with Crippen LogP contribution in [0.25, 0.3) is 0 Å². The summed E-state index contributed by atoms with van der Waals surface area (Å²) < 4.78 is 0. The Hall–Kier alpha value is -0.570. The number of hydrogen-bond acceptors (Lipinski definition) is 2. The summed E-state index contributed by atoms with van der Waals surface area (Å²) in [6, 6.07) is 0. The van der Waals surface area contributed by atoms with Crippen molar-refractivity contribution in [3.63, 3.8) is 0 Å².